The molecule has 1 N–H and O–H groups in total. The third kappa shape index (κ3) is 4.55. The Morgan fingerprint density at radius 3 is 2.81 bits per heavy atom. The van der Waals surface area contributed by atoms with Gasteiger partial charge in [0, 0.05) is 24.8 Å². The number of rotatable bonds is 7. The molecule has 0 aromatic carbocycles. The van der Waals surface area contributed by atoms with E-state index in [9.17, 15) is 4.79 Å². The number of hydrogen-bond acceptors (Lipinski definition) is 3. The van der Waals surface area contributed by atoms with Crippen molar-refractivity contribution in [2.75, 3.05) is 32.7 Å². The molecule has 4 nitrogen and oxygen atoms in total. The first-order chi connectivity index (χ1) is 10.3. The van der Waals surface area contributed by atoms with E-state index >= 15 is 0 Å². The van der Waals surface area contributed by atoms with Crippen LogP contribution in [0.5, 0.6) is 0 Å². The number of carbonyl (C=O) groups excluding carboxylic acids is 1. The van der Waals surface area contributed by atoms with E-state index in [-0.39, 0.29) is 5.91 Å². The molecular formula is C17H31N3O. The Morgan fingerprint density at radius 1 is 1.38 bits per heavy atom. The van der Waals surface area contributed by atoms with Gasteiger partial charge in [-0.15, -0.1) is 0 Å². The molecule has 1 amide bonds. The normalized spacial score (nSPS) is 22.4. The van der Waals surface area contributed by atoms with Crippen molar-refractivity contribution in [1.82, 2.24) is 15.1 Å². The highest BCUT2D eigenvalue weighted by Gasteiger charge is 2.26. The molecule has 1 unspecified atom stereocenters. The topological polar surface area (TPSA) is 35.6 Å². The lowest BCUT2D eigenvalue weighted by molar-refractivity contribution is -0.131. The zero-order valence-electron chi connectivity index (χ0n) is 13.7. The summed E-state index contributed by atoms with van der Waals surface area (Å²) in [5.41, 5.74) is 1.26. The van der Waals surface area contributed by atoms with Gasteiger partial charge >= 0.3 is 0 Å². The highest BCUT2D eigenvalue weighted by atomic mass is 16.2. The summed E-state index contributed by atoms with van der Waals surface area (Å²) in [5, 5.41) is 3.41. The highest BCUT2D eigenvalue weighted by molar-refractivity contribution is 5.80. The molecule has 0 aromatic heterocycles. The molecule has 0 radical (unpaired) electrons. The van der Waals surface area contributed by atoms with E-state index in [4.69, 9.17) is 0 Å². The highest BCUT2D eigenvalue weighted by Crippen LogP contribution is 2.21. The Labute approximate surface area is 129 Å². The van der Waals surface area contributed by atoms with E-state index in [2.05, 4.69) is 30.1 Å². The zero-order valence-corrected chi connectivity index (χ0v) is 13.7. The lowest BCUT2D eigenvalue weighted by Crippen LogP contribution is -2.45. The van der Waals surface area contributed by atoms with Crippen molar-refractivity contribution in [3.8, 4) is 0 Å². The Kier molecular flexibility index (Phi) is 6.71. The van der Waals surface area contributed by atoms with Crippen LogP contribution < -0.4 is 5.32 Å². The standard InChI is InChI=1S/C17H31N3O/c1-3-12-19(16-10-11-18-13-16)14-17(21)20(4-2)15-8-6-5-7-9-15/h8,16,18H,3-7,9-14H2,1-2H3. The van der Waals surface area contributed by atoms with Crippen LogP contribution in [0.25, 0.3) is 0 Å². The fourth-order valence-corrected chi connectivity index (χ4v) is 3.49. The molecule has 1 aliphatic heterocycles. The minimum atomic E-state index is 0.283. The van der Waals surface area contributed by atoms with E-state index in [1.807, 2.05) is 4.90 Å². The van der Waals surface area contributed by atoms with Gasteiger partial charge in [-0.05, 0) is 58.5 Å². The second kappa shape index (κ2) is 8.54. The fraction of sp³-hybridized carbons (Fsp3) is 0.824. The van der Waals surface area contributed by atoms with Gasteiger partial charge in [-0.25, -0.2) is 0 Å². The number of amides is 1. The number of nitrogens with one attached hydrogen (secondary N) is 1. The third-order valence-corrected chi connectivity index (χ3v) is 4.63. The van der Waals surface area contributed by atoms with Crippen LogP contribution in [0.15, 0.2) is 11.8 Å². The molecule has 1 fully saturated rings. The first kappa shape index (κ1) is 16.5. The maximum absolute atomic E-state index is 12.7. The molecule has 0 saturated carbocycles. The van der Waals surface area contributed by atoms with Crippen molar-refractivity contribution in [2.24, 2.45) is 0 Å². The second-order valence-corrected chi connectivity index (χ2v) is 6.20. The van der Waals surface area contributed by atoms with Crippen LogP contribution in [-0.4, -0.2) is 54.5 Å². The summed E-state index contributed by atoms with van der Waals surface area (Å²) in [4.78, 5) is 17.1. The molecule has 2 aliphatic rings. The molecule has 4 heteroatoms. The van der Waals surface area contributed by atoms with Crippen molar-refractivity contribution >= 4 is 5.91 Å². The molecule has 0 aromatic rings. The van der Waals surface area contributed by atoms with Crippen LogP contribution >= 0.6 is 0 Å². The number of likely N-dealkylation sites (N-methyl/N-ethyl adjacent to an activating group) is 1. The molecule has 2 rings (SSSR count). The first-order valence-electron chi connectivity index (χ1n) is 8.70. The van der Waals surface area contributed by atoms with E-state index < -0.39 is 0 Å². The summed E-state index contributed by atoms with van der Waals surface area (Å²) < 4.78 is 0. The van der Waals surface area contributed by atoms with Gasteiger partial charge in [-0.2, -0.15) is 0 Å². The van der Waals surface area contributed by atoms with Gasteiger partial charge in [0.25, 0.3) is 0 Å². The van der Waals surface area contributed by atoms with E-state index in [1.165, 1.54) is 25.0 Å². The van der Waals surface area contributed by atoms with Crippen LogP contribution in [0.3, 0.4) is 0 Å². The third-order valence-electron chi connectivity index (χ3n) is 4.63. The summed E-state index contributed by atoms with van der Waals surface area (Å²) in [6.45, 7) is 8.80. The number of allylic oxidation sites excluding steroid dienone is 2. The van der Waals surface area contributed by atoms with Crippen molar-refractivity contribution in [3.05, 3.63) is 11.8 Å². The molecule has 0 bridgehead atoms. The quantitative estimate of drug-likeness (QED) is 0.783. The van der Waals surface area contributed by atoms with Crippen LogP contribution in [0.1, 0.15) is 52.4 Å². The molecule has 21 heavy (non-hydrogen) atoms. The van der Waals surface area contributed by atoms with Gasteiger partial charge in [-0.1, -0.05) is 13.0 Å². The Morgan fingerprint density at radius 2 is 2.24 bits per heavy atom. The fourth-order valence-electron chi connectivity index (χ4n) is 3.49. The lowest BCUT2D eigenvalue weighted by atomic mass is 10.0. The first-order valence-corrected chi connectivity index (χ1v) is 8.70. The smallest absolute Gasteiger partial charge is 0.240 e. The van der Waals surface area contributed by atoms with Crippen LogP contribution in [-0.2, 0) is 4.79 Å². The van der Waals surface area contributed by atoms with E-state index in [0.717, 1.165) is 45.4 Å². The molecule has 0 spiro atoms. The Hall–Kier alpha value is -0.870. The average Bonchev–Trinajstić information content (AvgIpc) is 3.03. The Balaban J connectivity index is 1.96. The molecule has 1 heterocycles. The molecule has 1 saturated heterocycles. The maximum atomic E-state index is 12.7. The number of nitrogens with zero attached hydrogens (tertiary/aromatic N) is 2. The second-order valence-electron chi connectivity index (χ2n) is 6.20. The van der Waals surface area contributed by atoms with Crippen molar-refractivity contribution in [1.29, 1.82) is 0 Å². The van der Waals surface area contributed by atoms with Gasteiger partial charge in [0.15, 0.2) is 0 Å². The monoisotopic (exact) mass is 293 g/mol. The minimum absolute atomic E-state index is 0.283. The molecule has 1 atom stereocenters. The van der Waals surface area contributed by atoms with Crippen LogP contribution in [0, 0.1) is 0 Å². The summed E-state index contributed by atoms with van der Waals surface area (Å²) in [6, 6.07) is 0.535. The summed E-state index contributed by atoms with van der Waals surface area (Å²) in [6.07, 6.45) is 9.24. The minimum Gasteiger partial charge on any atom is -0.316 e. The molecule has 1 aliphatic carbocycles. The largest absolute Gasteiger partial charge is 0.316 e. The van der Waals surface area contributed by atoms with Crippen molar-refractivity contribution < 1.29 is 4.79 Å². The number of hydrogen-bond donors (Lipinski definition) is 1. The Bertz CT molecular complexity index is 361. The van der Waals surface area contributed by atoms with Crippen LogP contribution in [0.2, 0.25) is 0 Å². The van der Waals surface area contributed by atoms with Crippen molar-refractivity contribution in [2.45, 2.75) is 58.4 Å². The van der Waals surface area contributed by atoms with Crippen LogP contribution in [0.4, 0.5) is 0 Å². The predicted octanol–water partition coefficient (Wildman–Crippen LogP) is 2.37. The van der Waals surface area contributed by atoms with E-state index in [0.29, 0.717) is 12.6 Å². The molecule has 120 valence electrons. The summed E-state index contributed by atoms with van der Waals surface area (Å²) >= 11 is 0. The average molecular weight is 293 g/mol. The number of carbonyl (C=O) groups is 1. The van der Waals surface area contributed by atoms with Gasteiger partial charge in [0.05, 0.1) is 6.54 Å². The maximum Gasteiger partial charge on any atom is 0.240 e. The van der Waals surface area contributed by atoms with Gasteiger partial charge in [-0.3, -0.25) is 9.69 Å². The molecular weight excluding hydrogens is 262 g/mol. The van der Waals surface area contributed by atoms with E-state index in [1.54, 1.807) is 0 Å². The van der Waals surface area contributed by atoms with Gasteiger partial charge in [0.2, 0.25) is 5.91 Å². The summed E-state index contributed by atoms with van der Waals surface area (Å²) in [7, 11) is 0. The van der Waals surface area contributed by atoms with Gasteiger partial charge < -0.3 is 10.2 Å². The van der Waals surface area contributed by atoms with Gasteiger partial charge in [0.1, 0.15) is 0 Å². The predicted molar refractivity (Wildman–Crippen MR) is 87.1 cm³/mol. The SMILES string of the molecule is CCCN(CC(=O)N(CC)C1=CCCCC1)C1CCNC1. The summed E-state index contributed by atoms with van der Waals surface area (Å²) in [5.74, 6) is 0.283. The zero-order chi connectivity index (χ0) is 15.1. The van der Waals surface area contributed by atoms with Crippen molar-refractivity contribution in [3.63, 3.8) is 0 Å². The lowest BCUT2D eigenvalue weighted by Gasteiger charge is -2.32.